The topological polar surface area (TPSA) is 65.2 Å². The number of hydrogen-bond donors (Lipinski definition) is 1. The lowest BCUT2D eigenvalue weighted by Crippen LogP contribution is -2.51. The predicted molar refractivity (Wildman–Crippen MR) is 96.8 cm³/mol. The van der Waals surface area contributed by atoms with Gasteiger partial charge in [0.25, 0.3) is 0 Å². The molecule has 2 N–H and O–H groups in total. The minimum atomic E-state index is 0.327. The zero-order valence-electron chi connectivity index (χ0n) is 15.1. The average molecular weight is 335 g/mol. The Morgan fingerprint density at radius 1 is 1.04 bits per heavy atom. The Bertz CT molecular complexity index is 454. The largest absolute Gasteiger partial charge is 0.370 e. The Labute approximate surface area is 146 Å². The molecular weight excluding hydrogens is 302 g/mol. The van der Waals surface area contributed by atoms with Crippen molar-refractivity contribution in [2.45, 2.75) is 39.0 Å². The summed E-state index contributed by atoms with van der Waals surface area (Å²) in [7, 11) is 0. The van der Waals surface area contributed by atoms with Gasteiger partial charge in [0.1, 0.15) is 0 Å². The second kappa shape index (κ2) is 8.19. The molecule has 3 rings (SSSR count). The SMILES string of the molecule is CC1CCCN(C(N)=NCCN2CCN(C(=O)C3CCC3)CC2)C1. The van der Waals surface area contributed by atoms with Crippen molar-refractivity contribution in [2.24, 2.45) is 22.6 Å². The van der Waals surface area contributed by atoms with E-state index in [-0.39, 0.29) is 0 Å². The van der Waals surface area contributed by atoms with E-state index in [0.717, 1.165) is 65.2 Å². The molecule has 1 atom stereocenters. The van der Waals surface area contributed by atoms with Gasteiger partial charge >= 0.3 is 0 Å². The zero-order valence-corrected chi connectivity index (χ0v) is 15.1. The molecule has 1 aliphatic carbocycles. The number of carbonyl (C=O) groups excluding carboxylic acids is 1. The maximum Gasteiger partial charge on any atom is 0.225 e. The van der Waals surface area contributed by atoms with Crippen LogP contribution in [0.5, 0.6) is 0 Å². The standard InChI is InChI=1S/C18H33N5O/c1-15-4-3-8-23(14-15)18(19)20-7-9-21-10-12-22(13-11-21)17(24)16-5-2-6-16/h15-16H,2-14H2,1H3,(H2,19,20). The van der Waals surface area contributed by atoms with Gasteiger partial charge in [-0.1, -0.05) is 13.3 Å². The van der Waals surface area contributed by atoms with Crippen molar-refractivity contribution < 1.29 is 4.79 Å². The molecule has 0 spiro atoms. The van der Waals surface area contributed by atoms with Crippen molar-refractivity contribution in [3.8, 4) is 0 Å². The van der Waals surface area contributed by atoms with Crippen LogP contribution < -0.4 is 5.73 Å². The van der Waals surface area contributed by atoms with Gasteiger partial charge in [0.15, 0.2) is 5.96 Å². The van der Waals surface area contributed by atoms with Crippen LogP contribution in [0.15, 0.2) is 4.99 Å². The van der Waals surface area contributed by atoms with Gasteiger partial charge < -0.3 is 15.5 Å². The number of likely N-dealkylation sites (tertiary alicyclic amines) is 1. The maximum absolute atomic E-state index is 12.3. The summed E-state index contributed by atoms with van der Waals surface area (Å²) >= 11 is 0. The highest BCUT2D eigenvalue weighted by molar-refractivity contribution is 5.79. The summed E-state index contributed by atoms with van der Waals surface area (Å²) in [6.45, 7) is 9.74. The van der Waals surface area contributed by atoms with Gasteiger partial charge in [0.2, 0.25) is 5.91 Å². The van der Waals surface area contributed by atoms with Crippen LogP contribution in [-0.4, -0.2) is 78.9 Å². The number of hydrogen-bond acceptors (Lipinski definition) is 3. The number of piperidine rings is 1. The van der Waals surface area contributed by atoms with Gasteiger partial charge in [-0.15, -0.1) is 0 Å². The van der Waals surface area contributed by atoms with Crippen LogP contribution in [0.2, 0.25) is 0 Å². The smallest absolute Gasteiger partial charge is 0.225 e. The molecule has 0 aromatic carbocycles. The molecular formula is C18H33N5O. The van der Waals surface area contributed by atoms with Crippen LogP contribution in [0.3, 0.4) is 0 Å². The van der Waals surface area contributed by atoms with E-state index in [9.17, 15) is 4.79 Å². The molecule has 136 valence electrons. The molecule has 0 aromatic rings. The highest BCUT2D eigenvalue weighted by Gasteiger charge is 2.31. The monoisotopic (exact) mass is 335 g/mol. The number of nitrogens with two attached hydrogens (primary N) is 1. The number of piperazine rings is 1. The number of aliphatic imine (C=N–C) groups is 1. The van der Waals surface area contributed by atoms with Crippen LogP contribution in [0.4, 0.5) is 0 Å². The first-order valence-corrected chi connectivity index (χ1v) is 9.69. The van der Waals surface area contributed by atoms with Crippen molar-refractivity contribution in [3.05, 3.63) is 0 Å². The summed E-state index contributed by atoms with van der Waals surface area (Å²) in [4.78, 5) is 23.5. The van der Waals surface area contributed by atoms with Crippen molar-refractivity contribution in [1.29, 1.82) is 0 Å². The molecule has 3 fully saturated rings. The Morgan fingerprint density at radius 2 is 1.79 bits per heavy atom. The van der Waals surface area contributed by atoms with Gasteiger partial charge in [-0.2, -0.15) is 0 Å². The second-order valence-electron chi connectivity index (χ2n) is 7.73. The van der Waals surface area contributed by atoms with E-state index in [1.54, 1.807) is 0 Å². The molecule has 0 bridgehead atoms. The Morgan fingerprint density at radius 3 is 2.42 bits per heavy atom. The highest BCUT2D eigenvalue weighted by Crippen LogP contribution is 2.28. The van der Waals surface area contributed by atoms with Crippen LogP contribution in [0.25, 0.3) is 0 Å². The first-order chi connectivity index (χ1) is 11.6. The lowest BCUT2D eigenvalue weighted by molar-refractivity contribution is -0.139. The number of guanidine groups is 1. The summed E-state index contributed by atoms with van der Waals surface area (Å²) in [6, 6.07) is 0. The fourth-order valence-electron chi connectivity index (χ4n) is 3.91. The molecule has 0 radical (unpaired) electrons. The van der Waals surface area contributed by atoms with E-state index in [4.69, 9.17) is 5.73 Å². The Hall–Kier alpha value is -1.30. The summed E-state index contributed by atoms with van der Waals surface area (Å²) in [5.74, 6) is 2.14. The number of rotatable bonds is 4. The fraction of sp³-hybridized carbons (Fsp3) is 0.889. The summed E-state index contributed by atoms with van der Waals surface area (Å²) < 4.78 is 0. The van der Waals surface area contributed by atoms with E-state index in [2.05, 4.69) is 26.6 Å². The zero-order chi connectivity index (χ0) is 16.9. The first kappa shape index (κ1) is 17.5. The molecule has 1 amide bonds. The third-order valence-electron chi connectivity index (χ3n) is 5.81. The predicted octanol–water partition coefficient (Wildman–Crippen LogP) is 0.977. The third kappa shape index (κ3) is 4.41. The van der Waals surface area contributed by atoms with Crippen LogP contribution in [-0.2, 0) is 4.79 Å². The number of carbonyl (C=O) groups is 1. The molecule has 0 aromatic heterocycles. The molecule has 24 heavy (non-hydrogen) atoms. The lowest BCUT2D eigenvalue weighted by atomic mass is 9.84. The third-order valence-corrected chi connectivity index (χ3v) is 5.81. The van der Waals surface area contributed by atoms with Crippen LogP contribution >= 0.6 is 0 Å². The van der Waals surface area contributed by atoms with E-state index in [0.29, 0.717) is 23.7 Å². The molecule has 6 heteroatoms. The Balaban J connectivity index is 1.35. The van der Waals surface area contributed by atoms with Crippen molar-refractivity contribution in [3.63, 3.8) is 0 Å². The maximum atomic E-state index is 12.3. The van der Waals surface area contributed by atoms with Gasteiger partial charge in [-0.05, 0) is 31.6 Å². The van der Waals surface area contributed by atoms with Crippen LogP contribution in [0, 0.1) is 11.8 Å². The van der Waals surface area contributed by atoms with E-state index < -0.39 is 0 Å². The minimum absolute atomic E-state index is 0.327. The minimum Gasteiger partial charge on any atom is -0.370 e. The first-order valence-electron chi connectivity index (χ1n) is 9.69. The van der Waals surface area contributed by atoms with Crippen molar-refractivity contribution in [1.82, 2.24) is 14.7 Å². The fourth-order valence-corrected chi connectivity index (χ4v) is 3.91. The van der Waals surface area contributed by atoms with E-state index >= 15 is 0 Å². The van der Waals surface area contributed by atoms with E-state index in [1.807, 2.05) is 0 Å². The van der Waals surface area contributed by atoms with Crippen molar-refractivity contribution in [2.75, 3.05) is 52.4 Å². The molecule has 2 aliphatic heterocycles. The summed E-state index contributed by atoms with van der Waals surface area (Å²) in [5.41, 5.74) is 6.15. The molecule has 3 aliphatic rings. The lowest BCUT2D eigenvalue weighted by Gasteiger charge is -2.38. The average Bonchev–Trinajstić information content (AvgIpc) is 2.53. The molecule has 2 saturated heterocycles. The molecule has 6 nitrogen and oxygen atoms in total. The molecule has 1 unspecified atom stereocenters. The highest BCUT2D eigenvalue weighted by atomic mass is 16.2. The number of nitrogens with zero attached hydrogens (tertiary/aromatic N) is 4. The van der Waals surface area contributed by atoms with Crippen molar-refractivity contribution >= 4 is 11.9 Å². The Kier molecular flexibility index (Phi) is 5.98. The number of amides is 1. The molecule has 2 heterocycles. The summed E-state index contributed by atoms with van der Waals surface area (Å²) in [6.07, 6.45) is 5.94. The van der Waals surface area contributed by atoms with Gasteiger partial charge in [-0.25, -0.2) is 0 Å². The van der Waals surface area contributed by atoms with Gasteiger partial charge in [0, 0.05) is 51.7 Å². The quantitative estimate of drug-likeness (QED) is 0.614. The molecule has 1 saturated carbocycles. The van der Waals surface area contributed by atoms with Crippen LogP contribution in [0.1, 0.15) is 39.0 Å². The van der Waals surface area contributed by atoms with E-state index in [1.165, 1.54) is 19.3 Å². The normalized spacial score (nSPS) is 27.2. The second-order valence-corrected chi connectivity index (χ2v) is 7.73. The summed E-state index contributed by atoms with van der Waals surface area (Å²) in [5, 5.41) is 0. The van der Waals surface area contributed by atoms with Gasteiger partial charge in [-0.3, -0.25) is 14.7 Å². The van der Waals surface area contributed by atoms with Gasteiger partial charge in [0.05, 0.1) is 6.54 Å².